The number of nitrogens with one attached hydrogen (secondary N) is 1. The van der Waals surface area contributed by atoms with Gasteiger partial charge >= 0.3 is 5.97 Å². The lowest BCUT2D eigenvalue weighted by Gasteiger charge is -2.23. The molecule has 1 aromatic carbocycles. The molecule has 0 bridgehead atoms. The van der Waals surface area contributed by atoms with Crippen LogP contribution in [-0.4, -0.2) is 30.3 Å². The van der Waals surface area contributed by atoms with E-state index in [9.17, 15) is 4.79 Å². The summed E-state index contributed by atoms with van der Waals surface area (Å²) in [4.78, 5) is 11.1. The predicted molar refractivity (Wildman–Crippen MR) is 80.3 cm³/mol. The van der Waals surface area contributed by atoms with Crippen molar-refractivity contribution in [1.82, 2.24) is 5.32 Å². The number of likely N-dealkylation sites (N-methyl/N-ethyl adjacent to an activating group) is 1. The maximum atomic E-state index is 11.1. The molecule has 1 aromatic rings. The quantitative estimate of drug-likeness (QED) is 0.682. The molecule has 4 nitrogen and oxygen atoms in total. The number of carboxylic acid groups (broad SMARTS) is 1. The van der Waals surface area contributed by atoms with E-state index in [1.807, 2.05) is 18.2 Å². The first kappa shape index (κ1) is 16.5. The third-order valence-corrected chi connectivity index (χ3v) is 3.71. The van der Waals surface area contributed by atoms with Crippen LogP contribution in [0.5, 0.6) is 5.75 Å². The molecule has 1 atom stereocenters. The number of benzene rings is 1. The summed E-state index contributed by atoms with van der Waals surface area (Å²) in [6.07, 6.45) is 3.21. The molecule has 0 aliphatic heterocycles. The lowest BCUT2D eigenvalue weighted by Crippen LogP contribution is -2.47. The van der Waals surface area contributed by atoms with Gasteiger partial charge in [-0.05, 0) is 51.3 Å². The summed E-state index contributed by atoms with van der Waals surface area (Å²) in [5.41, 5.74) is 0.361. The lowest BCUT2D eigenvalue weighted by molar-refractivity contribution is -0.144. The molecule has 4 heteroatoms. The van der Waals surface area contributed by atoms with Crippen molar-refractivity contribution in [2.24, 2.45) is 0 Å². The molecule has 1 unspecified atom stereocenters. The highest BCUT2D eigenvalue weighted by Gasteiger charge is 2.30. The number of aryl methyl sites for hydroxylation is 1. The van der Waals surface area contributed by atoms with E-state index in [1.165, 1.54) is 5.56 Å². The summed E-state index contributed by atoms with van der Waals surface area (Å²) in [6, 6.07) is 8.03. The highest BCUT2D eigenvalue weighted by Crippen LogP contribution is 2.19. The van der Waals surface area contributed by atoms with Crippen LogP contribution < -0.4 is 10.1 Å². The van der Waals surface area contributed by atoms with Gasteiger partial charge in [0.1, 0.15) is 11.3 Å². The molecule has 0 aromatic heterocycles. The minimum Gasteiger partial charge on any atom is -0.493 e. The second-order valence-corrected chi connectivity index (χ2v) is 5.15. The van der Waals surface area contributed by atoms with Crippen LogP contribution in [0.2, 0.25) is 0 Å². The van der Waals surface area contributed by atoms with Crippen LogP contribution >= 0.6 is 0 Å². The maximum Gasteiger partial charge on any atom is 0.323 e. The Morgan fingerprint density at radius 1 is 1.35 bits per heavy atom. The van der Waals surface area contributed by atoms with Gasteiger partial charge in [0, 0.05) is 0 Å². The zero-order valence-corrected chi connectivity index (χ0v) is 12.6. The molecule has 0 heterocycles. The monoisotopic (exact) mass is 279 g/mol. The number of ether oxygens (including phenoxy) is 1. The largest absolute Gasteiger partial charge is 0.493 e. The van der Waals surface area contributed by atoms with Gasteiger partial charge in [-0.1, -0.05) is 25.1 Å². The fraction of sp³-hybridized carbons (Fsp3) is 0.562. The van der Waals surface area contributed by atoms with Crippen LogP contribution in [0.1, 0.15) is 38.7 Å². The number of aliphatic carboxylic acids is 1. The Kier molecular flexibility index (Phi) is 6.52. The first-order chi connectivity index (χ1) is 9.53. The minimum atomic E-state index is -0.846. The van der Waals surface area contributed by atoms with Crippen LogP contribution in [0.4, 0.5) is 0 Å². The molecule has 0 spiro atoms. The summed E-state index contributed by atoms with van der Waals surface area (Å²) >= 11 is 0. The summed E-state index contributed by atoms with van der Waals surface area (Å²) in [5.74, 6) is 0.127. The van der Waals surface area contributed by atoms with E-state index in [0.717, 1.165) is 25.0 Å². The summed E-state index contributed by atoms with van der Waals surface area (Å²) in [6.45, 7) is 4.44. The predicted octanol–water partition coefficient (Wildman–Crippen LogP) is 2.86. The molecule has 2 N–H and O–H groups in total. The number of hydrogen-bond donors (Lipinski definition) is 2. The topological polar surface area (TPSA) is 58.6 Å². The molecule has 0 amide bonds. The van der Waals surface area contributed by atoms with E-state index < -0.39 is 11.5 Å². The number of carboxylic acids is 1. The summed E-state index contributed by atoms with van der Waals surface area (Å²) in [7, 11) is 1.68. The second kappa shape index (κ2) is 7.90. The minimum absolute atomic E-state index is 0.595. The fourth-order valence-electron chi connectivity index (χ4n) is 2.04. The molecule has 0 saturated heterocycles. The Balaban J connectivity index is 2.34. The normalized spacial score (nSPS) is 13.8. The fourth-order valence-corrected chi connectivity index (χ4v) is 2.04. The van der Waals surface area contributed by atoms with Crippen molar-refractivity contribution in [3.63, 3.8) is 0 Å². The van der Waals surface area contributed by atoms with Crippen LogP contribution in [0.3, 0.4) is 0 Å². The Labute approximate surface area is 121 Å². The number of para-hydroxylation sites is 1. The zero-order chi connectivity index (χ0) is 15.0. The highest BCUT2D eigenvalue weighted by molar-refractivity contribution is 5.78. The third-order valence-electron chi connectivity index (χ3n) is 3.71. The smallest absolute Gasteiger partial charge is 0.323 e. The first-order valence-electron chi connectivity index (χ1n) is 7.16. The molecule has 0 aliphatic carbocycles. The molecular weight excluding hydrogens is 254 g/mol. The SMILES string of the molecule is CCc1ccccc1OCCCCC(C)(NC)C(=O)O. The van der Waals surface area contributed by atoms with Crippen molar-refractivity contribution in [2.45, 2.75) is 45.1 Å². The molecular formula is C16H25NO3. The van der Waals surface area contributed by atoms with Gasteiger partial charge in [-0.3, -0.25) is 4.79 Å². The van der Waals surface area contributed by atoms with Crippen molar-refractivity contribution in [3.8, 4) is 5.75 Å². The van der Waals surface area contributed by atoms with E-state index >= 15 is 0 Å². The molecule has 0 fully saturated rings. The van der Waals surface area contributed by atoms with Gasteiger partial charge in [0.25, 0.3) is 0 Å². The average molecular weight is 279 g/mol. The van der Waals surface area contributed by atoms with Gasteiger partial charge in [0.05, 0.1) is 6.61 Å². The van der Waals surface area contributed by atoms with Crippen molar-refractivity contribution < 1.29 is 14.6 Å². The lowest BCUT2D eigenvalue weighted by atomic mass is 9.95. The van der Waals surface area contributed by atoms with Crippen LogP contribution in [0, 0.1) is 0 Å². The Bertz CT molecular complexity index is 433. The van der Waals surface area contributed by atoms with E-state index in [1.54, 1.807) is 14.0 Å². The van der Waals surface area contributed by atoms with E-state index in [2.05, 4.69) is 18.3 Å². The van der Waals surface area contributed by atoms with Crippen molar-refractivity contribution >= 4 is 5.97 Å². The molecule has 1 rings (SSSR count). The highest BCUT2D eigenvalue weighted by atomic mass is 16.5. The maximum absolute atomic E-state index is 11.1. The Hall–Kier alpha value is -1.55. The van der Waals surface area contributed by atoms with Crippen LogP contribution in [0.15, 0.2) is 24.3 Å². The number of unbranched alkanes of at least 4 members (excludes halogenated alkanes) is 1. The average Bonchev–Trinajstić information content (AvgIpc) is 2.46. The molecule has 20 heavy (non-hydrogen) atoms. The van der Waals surface area contributed by atoms with Gasteiger partial charge in [-0.15, -0.1) is 0 Å². The van der Waals surface area contributed by atoms with Gasteiger partial charge in [0.2, 0.25) is 0 Å². The van der Waals surface area contributed by atoms with Crippen molar-refractivity contribution in [2.75, 3.05) is 13.7 Å². The zero-order valence-electron chi connectivity index (χ0n) is 12.6. The van der Waals surface area contributed by atoms with E-state index in [0.29, 0.717) is 13.0 Å². The first-order valence-corrected chi connectivity index (χ1v) is 7.16. The summed E-state index contributed by atoms with van der Waals surface area (Å²) in [5, 5.41) is 12.0. The third kappa shape index (κ3) is 4.53. The van der Waals surface area contributed by atoms with E-state index in [4.69, 9.17) is 9.84 Å². The molecule has 0 aliphatic rings. The Morgan fingerprint density at radius 3 is 2.65 bits per heavy atom. The van der Waals surface area contributed by atoms with E-state index in [-0.39, 0.29) is 0 Å². The van der Waals surface area contributed by atoms with Crippen LogP contribution in [0.25, 0.3) is 0 Å². The van der Waals surface area contributed by atoms with Gasteiger partial charge < -0.3 is 15.2 Å². The van der Waals surface area contributed by atoms with Crippen molar-refractivity contribution in [3.05, 3.63) is 29.8 Å². The van der Waals surface area contributed by atoms with Crippen LogP contribution in [-0.2, 0) is 11.2 Å². The number of hydrogen-bond acceptors (Lipinski definition) is 3. The summed E-state index contributed by atoms with van der Waals surface area (Å²) < 4.78 is 5.77. The Morgan fingerprint density at radius 2 is 2.05 bits per heavy atom. The standard InChI is InChI=1S/C16H25NO3/c1-4-13-9-5-6-10-14(13)20-12-8-7-11-16(2,17-3)15(18)19/h5-6,9-10,17H,4,7-8,11-12H2,1-3H3,(H,18,19). The number of carbonyl (C=O) groups is 1. The van der Waals surface area contributed by atoms with Gasteiger partial charge in [0.15, 0.2) is 0 Å². The number of rotatable bonds is 9. The van der Waals surface area contributed by atoms with Gasteiger partial charge in [-0.2, -0.15) is 0 Å². The second-order valence-electron chi connectivity index (χ2n) is 5.15. The van der Waals surface area contributed by atoms with Crippen molar-refractivity contribution in [1.29, 1.82) is 0 Å². The molecule has 0 radical (unpaired) electrons. The van der Waals surface area contributed by atoms with Gasteiger partial charge in [-0.25, -0.2) is 0 Å². The molecule has 112 valence electrons. The molecule has 0 saturated carbocycles.